The number of morpholine rings is 1. The Morgan fingerprint density at radius 2 is 2.17 bits per heavy atom. The summed E-state index contributed by atoms with van der Waals surface area (Å²) in [6.45, 7) is 8.87. The maximum atomic E-state index is 5.91. The summed E-state index contributed by atoms with van der Waals surface area (Å²) in [5.41, 5.74) is 8.30. The van der Waals surface area contributed by atoms with Crippen molar-refractivity contribution in [3.05, 3.63) is 28.2 Å². The summed E-state index contributed by atoms with van der Waals surface area (Å²) in [5, 5.41) is 0. The molecule has 2 N–H and O–H groups in total. The van der Waals surface area contributed by atoms with Crippen molar-refractivity contribution >= 4 is 21.6 Å². The van der Waals surface area contributed by atoms with Crippen molar-refractivity contribution in [1.29, 1.82) is 0 Å². The molecule has 1 atom stereocenters. The van der Waals surface area contributed by atoms with Crippen molar-refractivity contribution in [3.63, 3.8) is 0 Å². The highest BCUT2D eigenvalue weighted by atomic mass is 79.9. The molecule has 0 spiro atoms. The fourth-order valence-corrected chi connectivity index (χ4v) is 2.94. The molecule has 0 saturated carbocycles. The molecule has 1 saturated heterocycles. The van der Waals surface area contributed by atoms with E-state index in [4.69, 9.17) is 10.5 Å². The van der Waals surface area contributed by atoms with Crippen LogP contribution in [0.25, 0.3) is 0 Å². The van der Waals surface area contributed by atoms with Crippen LogP contribution in [0.5, 0.6) is 0 Å². The summed E-state index contributed by atoms with van der Waals surface area (Å²) >= 11 is 3.66. The van der Waals surface area contributed by atoms with Crippen LogP contribution in [0.4, 0.5) is 5.69 Å². The molecule has 1 aliphatic heterocycles. The predicted octanol–water partition coefficient (Wildman–Crippen LogP) is 3.08. The molecular formula is C14H21BrN2O. The number of anilines is 1. The monoisotopic (exact) mass is 312 g/mol. The lowest BCUT2D eigenvalue weighted by molar-refractivity contribution is 0.0643. The molecule has 1 heterocycles. The molecule has 18 heavy (non-hydrogen) atoms. The minimum absolute atomic E-state index is 0.0244. The molecule has 1 aromatic rings. The Hall–Kier alpha value is -0.580. The van der Waals surface area contributed by atoms with Crippen LogP contribution in [-0.4, -0.2) is 25.3 Å². The molecule has 1 aliphatic rings. The number of benzene rings is 1. The average Bonchev–Trinajstić information content (AvgIpc) is 2.29. The van der Waals surface area contributed by atoms with E-state index in [0.29, 0.717) is 0 Å². The van der Waals surface area contributed by atoms with Gasteiger partial charge in [-0.15, -0.1) is 0 Å². The van der Waals surface area contributed by atoms with Gasteiger partial charge in [0.05, 0.1) is 24.4 Å². The number of hydrogen-bond acceptors (Lipinski definition) is 3. The first kappa shape index (κ1) is 13.8. The van der Waals surface area contributed by atoms with Crippen molar-refractivity contribution in [2.24, 2.45) is 5.73 Å². The summed E-state index contributed by atoms with van der Waals surface area (Å²) in [5.74, 6) is 0. The first-order valence-corrected chi connectivity index (χ1v) is 7.11. The van der Waals surface area contributed by atoms with Crippen LogP contribution >= 0.6 is 15.9 Å². The SMILES string of the molecule is C[C@@H](N)c1ccc(N2CCOCC2(C)C)c(Br)c1. The average molecular weight is 313 g/mol. The Morgan fingerprint density at radius 3 is 2.72 bits per heavy atom. The van der Waals surface area contributed by atoms with E-state index in [0.717, 1.165) is 29.8 Å². The predicted molar refractivity (Wildman–Crippen MR) is 79.0 cm³/mol. The second kappa shape index (κ2) is 5.19. The van der Waals surface area contributed by atoms with Crippen LogP contribution in [-0.2, 0) is 4.74 Å². The highest BCUT2D eigenvalue weighted by molar-refractivity contribution is 9.10. The Balaban J connectivity index is 2.33. The van der Waals surface area contributed by atoms with Gasteiger partial charge in [0.1, 0.15) is 0 Å². The summed E-state index contributed by atoms with van der Waals surface area (Å²) in [6.07, 6.45) is 0. The van der Waals surface area contributed by atoms with Crippen LogP contribution in [0.2, 0.25) is 0 Å². The number of rotatable bonds is 2. The van der Waals surface area contributed by atoms with Crippen molar-refractivity contribution < 1.29 is 4.74 Å². The molecule has 0 aliphatic carbocycles. The largest absolute Gasteiger partial charge is 0.377 e. The maximum absolute atomic E-state index is 5.91. The lowest BCUT2D eigenvalue weighted by Gasteiger charge is -2.44. The maximum Gasteiger partial charge on any atom is 0.0694 e. The van der Waals surface area contributed by atoms with Crippen LogP contribution in [0.3, 0.4) is 0 Å². The fraction of sp³-hybridized carbons (Fsp3) is 0.571. The molecule has 4 heteroatoms. The standard InChI is InChI=1S/C14H21BrN2O/c1-10(16)11-4-5-13(12(15)8-11)17-6-7-18-9-14(17,2)3/h4-5,8,10H,6-7,9,16H2,1-3H3/t10-/m1/s1. The van der Waals surface area contributed by atoms with E-state index < -0.39 is 0 Å². The van der Waals surface area contributed by atoms with E-state index >= 15 is 0 Å². The lowest BCUT2D eigenvalue weighted by Crippen LogP contribution is -2.53. The zero-order chi connectivity index (χ0) is 13.3. The van der Waals surface area contributed by atoms with E-state index in [1.165, 1.54) is 5.69 Å². The Morgan fingerprint density at radius 1 is 1.44 bits per heavy atom. The molecule has 0 unspecified atom stereocenters. The number of halogens is 1. The molecule has 100 valence electrons. The van der Waals surface area contributed by atoms with Gasteiger partial charge in [-0.25, -0.2) is 0 Å². The van der Waals surface area contributed by atoms with Gasteiger partial charge in [-0.3, -0.25) is 0 Å². The Labute approximate surface area is 117 Å². The molecule has 0 bridgehead atoms. The fourth-order valence-electron chi connectivity index (χ4n) is 2.33. The van der Waals surface area contributed by atoms with Crippen LogP contribution < -0.4 is 10.6 Å². The van der Waals surface area contributed by atoms with Gasteiger partial charge in [0.25, 0.3) is 0 Å². The molecule has 2 rings (SSSR count). The number of nitrogens with two attached hydrogens (primary N) is 1. The van der Waals surface area contributed by atoms with E-state index in [-0.39, 0.29) is 11.6 Å². The van der Waals surface area contributed by atoms with E-state index in [1.807, 2.05) is 6.92 Å². The van der Waals surface area contributed by atoms with E-state index in [1.54, 1.807) is 0 Å². The van der Waals surface area contributed by atoms with E-state index in [9.17, 15) is 0 Å². The third-order valence-corrected chi connectivity index (χ3v) is 4.07. The summed E-state index contributed by atoms with van der Waals surface area (Å²) in [4.78, 5) is 2.39. The zero-order valence-electron chi connectivity index (χ0n) is 11.2. The topological polar surface area (TPSA) is 38.5 Å². The Kier molecular flexibility index (Phi) is 3.99. The number of hydrogen-bond donors (Lipinski definition) is 1. The minimum Gasteiger partial charge on any atom is -0.377 e. The normalized spacial score (nSPS) is 20.8. The van der Waals surface area contributed by atoms with Gasteiger partial charge in [-0.1, -0.05) is 6.07 Å². The van der Waals surface area contributed by atoms with Crippen molar-refractivity contribution in [1.82, 2.24) is 0 Å². The molecule has 0 radical (unpaired) electrons. The second-order valence-corrected chi connectivity index (χ2v) is 6.37. The van der Waals surface area contributed by atoms with Gasteiger partial charge in [0.15, 0.2) is 0 Å². The molecule has 1 fully saturated rings. The van der Waals surface area contributed by atoms with Crippen LogP contribution in [0, 0.1) is 0 Å². The number of ether oxygens (including phenoxy) is 1. The highest BCUT2D eigenvalue weighted by Crippen LogP contribution is 2.34. The van der Waals surface area contributed by atoms with Gasteiger partial charge < -0.3 is 15.4 Å². The second-order valence-electron chi connectivity index (χ2n) is 5.52. The smallest absolute Gasteiger partial charge is 0.0694 e. The third-order valence-electron chi connectivity index (χ3n) is 3.43. The summed E-state index contributed by atoms with van der Waals surface area (Å²) in [7, 11) is 0. The zero-order valence-corrected chi connectivity index (χ0v) is 12.8. The molecule has 0 aromatic heterocycles. The van der Waals surface area contributed by atoms with Crippen LogP contribution in [0.1, 0.15) is 32.4 Å². The summed E-state index contributed by atoms with van der Waals surface area (Å²) < 4.78 is 6.67. The minimum atomic E-state index is 0.0244. The first-order valence-electron chi connectivity index (χ1n) is 6.32. The summed E-state index contributed by atoms with van der Waals surface area (Å²) in [6, 6.07) is 6.44. The van der Waals surface area contributed by atoms with E-state index in [2.05, 4.69) is 52.9 Å². The van der Waals surface area contributed by atoms with Crippen molar-refractivity contribution in [3.8, 4) is 0 Å². The molecule has 3 nitrogen and oxygen atoms in total. The highest BCUT2D eigenvalue weighted by Gasteiger charge is 2.31. The first-order chi connectivity index (χ1) is 8.42. The molecule has 1 aromatic carbocycles. The lowest BCUT2D eigenvalue weighted by atomic mass is 10.0. The molecular weight excluding hydrogens is 292 g/mol. The third kappa shape index (κ3) is 2.71. The van der Waals surface area contributed by atoms with Crippen LogP contribution in [0.15, 0.2) is 22.7 Å². The quantitative estimate of drug-likeness (QED) is 0.912. The molecule has 0 amide bonds. The van der Waals surface area contributed by atoms with Gasteiger partial charge >= 0.3 is 0 Å². The number of nitrogens with zero attached hydrogens (tertiary/aromatic N) is 1. The van der Waals surface area contributed by atoms with Crippen molar-refractivity contribution in [2.75, 3.05) is 24.7 Å². The van der Waals surface area contributed by atoms with Crippen molar-refractivity contribution in [2.45, 2.75) is 32.4 Å². The van der Waals surface area contributed by atoms with Gasteiger partial charge in [0, 0.05) is 17.1 Å². The van der Waals surface area contributed by atoms with Gasteiger partial charge in [-0.05, 0) is 54.4 Å². The van der Waals surface area contributed by atoms with Gasteiger partial charge in [0.2, 0.25) is 0 Å². The van der Waals surface area contributed by atoms with Gasteiger partial charge in [-0.2, -0.15) is 0 Å². The Bertz CT molecular complexity index is 432.